The molecule has 0 bridgehead atoms. The summed E-state index contributed by atoms with van der Waals surface area (Å²) in [6.45, 7) is 1.98. The van der Waals surface area contributed by atoms with Crippen molar-refractivity contribution in [3.63, 3.8) is 0 Å². The summed E-state index contributed by atoms with van der Waals surface area (Å²) in [5.41, 5.74) is 0.463. The number of pyridine rings is 1. The summed E-state index contributed by atoms with van der Waals surface area (Å²) in [6, 6.07) is 5.52. The van der Waals surface area contributed by atoms with Crippen LogP contribution in [0.2, 0.25) is 0 Å². The Bertz CT molecular complexity index is 672. The highest BCUT2D eigenvalue weighted by Crippen LogP contribution is 2.04. The van der Waals surface area contributed by atoms with Crippen molar-refractivity contribution in [1.29, 1.82) is 0 Å². The molecule has 0 aliphatic heterocycles. The van der Waals surface area contributed by atoms with E-state index in [2.05, 4.69) is 15.3 Å². The Morgan fingerprint density at radius 3 is 2.89 bits per heavy atom. The first kappa shape index (κ1) is 12.1. The minimum Gasteiger partial charge on any atom is -0.373 e. The second-order valence-electron chi connectivity index (χ2n) is 3.96. The maximum absolute atomic E-state index is 11.6. The molecule has 2 aromatic heterocycles. The number of hydrogen-bond acceptors (Lipinski definition) is 4. The lowest BCUT2D eigenvalue weighted by atomic mass is 10.3. The number of H-pyrrole nitrogens is 1. The number of aromatic nitrogens is 3. The normalized spacial score (nSPS) is 10.3. The number of rotatable bonds is 3. The van der Waals surface area contributed by atoms with E-state index in [1.54, 1.807) is 14.0 Å². The van der Waals surface area contributed by atoms with Gasteiger partial charge in [-0.3, -0.25) is 14.3 Å². The fourth-order valence-corrected chi connectivity index (χ4v) is 1.62. The van der Waals surface area contributed by atoms with Crippen molar-refractivity contribution in [3.05, 3.63) is 56.5 Å². The van der Waals surface area contributed by atoms with Gasteiger partial charge in [0.25, 0.3) is 5.56 Å². The smallest absolute Gasteiger partial charge is 0.328 e. The largest absolute Gasteiger partial charge is 0.373 e. The van der Waals surface area contributed by atoms with Gasteiger partial charge in [-0.2, -0.15) is 0 Å². The maximum Gasteiger partial charge on any atom is 0.328 e. The van der Waals surface area contributed by atoms with Crippen LogP contribution in [0.3, 0.4) is 0 Å². The van der Waals surface area contributed by atoms with E-state index in [0.717, 1.165) is 11.5 Å². The molecule has 0 aromatic carbocycles. The predicted molar refractivity (Wildman–Crippen MR) is 68.9 cm³/mol. The minimum absolute atomic E-state index is 0.325. The summed E-state index contributed by atoms with van der Waals surface area (Å²) < 4.78 is 1.43. The van der Waals surface area contributed by atoms with Gasteiger partial charge in [-0.15, -0.1) is 0 Å². The van der Waals surface area contributed by atoms with E-state index in [0.29, 0.717) is 12.1 Å². The minimum atomic E-state index is -0.428. The topological polar surface area (TPSA) is 79.8 Å². The lowest BCUT2D eigenvalue weighted by molar-refractivity contribution is 0.699. The van der Waals surface area contributed by atoms with Crippen molar-refractivity contribution in [3.8, 4) is 0 Å². The van der Waals surface area contributed by atoms with Crippen LogP contribution in [0, 0.1) is 6.92 Å². The van der Waals surface area contributed by atoms with Crippen LogP contribution in [-0.4, -0.2) is 21.6 Å². The standard InChI is InChI=1S/C12H14N4O2/c1-8-6-16(12(18)15-11(8)17)7-9-4-3-5-10(13-2)14-9/h3-6H,7H2,1-2H3,(H,13,14)(H,15,17,18). The van der Waals surface area contributed by atoms with Crippen LogP contribution in [0.1, 0.15) is 11.3 Å². The highest BCUT2D eigenvalue weighted by molar-refractivity contribution is 5.34. The van der Waals surface area contributed by atoms with Crippen molar-refractivity contribution in [2.24, 2.45) is 0 Å². The molecule has 2 aromatic rings. The zero-order valence-corrected chi connectivity index (χ0v) is 10.2. The Kier molecular flexibility index (Phi) is 3.27. The third kappa shape index (κ3) is 2.48. The SMILES string of the molecule is CNc1cccc(Cn2cc(C)c(=O)[nH]c2=O)n1. The number of nitrogens with zero attached hydrogens (tertiary/aromatic N) is 2. The Morgan fingerprint density at radius 2 is 2.17 bits per heavy atom. The average molecular weight is 246 g/mol. The van der Waals surface area contributed by atoms with E-state index in [1.807, 2.05) is 18.2 Å². The van der Waals surface area contributed by atoms with Crippen LogP contribution in [0.4, 0.5) is 5.82 Å². The van der Waals surface area contributed by atoms with E-state index < -0.39 is 5.69 Å². The molecule has 0 saturated carbocycles. The van der Waals surface area contributed by atoms with Gasteiger partial charge in [-0.1, -0.05) is 6.07 Å². The Morgan fingerprint density at radius 1 is 1.39 bits per heavy atom. The molecule has 0 radical (unpaired) electrons. The van der Waals surface area contributed by atoms with Crippen molar-refractivity contribution in [2.45, 2.75) is 13.5 Å². The third-order valence-electron chi connectivity index (χ3n) is 2.58. The van der Waals surface area contributed by atoms with E-state index in [9.17, 15) is 9.59 Å². The fraction of sp³-hybridized carbons (Fsp3) is 0.250. The van der Waals surface area contributed by atoms with Gasteiger partial charge < -0.3 is 5.32 Å². The summed E-state index contributed by atoms with van der Waals surface area (Å²) >= 11 is 0. The quantitative estimate of drug-likeness (QED) is 0.818. The molecule has 2 N–H and O–H groups in total. The van der Waals surface area contributed by atoms with Crippen LogP contribution in [0.15, 0.2) is 34.0 Å². The van der Waals surface area contributed by atoms with Crippen LogP contribution >= 0.6 is 0 Å². The number of anilines is 1. The van der Waals surface area contributed by atoms with Crippen LogP contribution in [-0.2, 0) is 6.54 Å². The lowest BCUT2D eigenvalue weighted by Crippen LogP contribution is -2.31. The summed E-state index contributed by atoms with van der Waals surface area (Å²) in [5, 5.41) is 2.93. The highest BCUT2D eigenvalue weighted by atomic mass is 16.2. The van der Waals surface area contributed by atoms with E-state index in [1.165, 1.54) is 10.8 Å². The molecule has 18 heavy (non-hydrogen) atoms. The lowest BCUT2D eigenvalue weighted by Gasteiger charge is -2.07. The second kappa shape index (κ2) is 4.87. The molecule has 0 atom stereocenters. The zero-order chi connectivity index (χ0) is 13.1. The number of aryl methyl sites for hydroxylation is 1. The first-order valence-corrected chi connectivity index (χ1v) is 5.54. The number of nitrogens with one attached hydrogen (secondary N) is 2. The van der Waals surface area contributed by atoms with Gasteiger partial charge in [-0.25, -0.2) is 9.78 Å². The molecule has 0 aliphatic rings. The van der Waals surface area contributed by atoms with E-state index in [4.69, 9.17) is 0 Å². The Hall–Kier alpha value is -2.37. The first-order valence-electron chi connectivity index (χ1n) is 5.54. The van der Waals surface area contributed by atoms with Crippen molar-refractivity contribution in [1.82, 2.24) is 14.5 Å². The molecule has 0 unspecified atom stereocenters. The second-order valence-corrected chi connectivity index (χ2v) is 3.96. The molecular weight excluding hydrogens is 232 g/mol. The van der Waals surface area contributed by atoms with Crippen molar-refractivity contribution in [2.75, 3.05) is 12.4 Å². The molecule has 0 fully saturated rings. The molecule has 2 rings (SSSR count). The van der Waals surface area contributed by atoms with Gasteiger partial charge >= 0.3 is 5.69 Å². The molecule has 6 nitrogen and oxygen atoms in total. The van der Waals surface area contributed by atoms with Gasteiger partial charge in [0, 0.05) is 18.8 Å². The molecule has 0 saturated heterocycles. The molecule has 2 heterocycles. The van der Waals surface area contributed by atoms with E-state index in [-0.39, 0.29) is 5.56 Å². The predicted octanol–water partition coefficient (Wildman–Crippen LogP) is 0.330. The number of aromatic amines is 1. The summed E-state index contributed by atoms with van der Waals surface area (Å²) in [5.74, 6) is 0.738. The molecule has 0 spiro atoms. The fourth-order valence-electron chi connectivity index (χ4n) is 1.62. The monoisotopic (exact) mass is 246 g/mol. The van der Waals surface area contributed by atoms with E-state index >= 15 is 0 Å². The van der Waals surface area contributed by atoms with Crippen LogP contribution in [0.5, 0.6) is 0 Å². The highest BCUT2D eigenvalue weighted by Gasteiger charge is 2.03. The van der Waals surface area contributed by atoms with Crippen molar-refractivity contribution >= 4 is 5.82 Å². The average Bonchev–Trinajstić information content (AvgIpc) is 2.36. The maximum atomic E-state index is 11.6. The van der Waals surface area contributed by atoms with Gasteiger partial charge in [0.1, 0.15) is 5.82 Å². The zero-order valence-electron chi connectivity index (χ0n) is 10.2. The molecule has 6 heteroatoms. The van der Waals surface area contributed by atoms with Gasteiger partial charge in [0.2, 0.25) is 0 Å². The summed E-state index contributed by atoms with van der Waals surface area (Å²) in [6.07, 6.45) is 1.54. The summed E-state index contributed by atoms with van der Waals surface area (Å²) in [7, 11) is 1.78. The molecule has 0 aliphatic carbocycles. The Balaban J connectivity index is 2.36. The third-order valence-corrected chi connectivity index (χ3v) is 2.58. The van der Waals surface area contributed by atoms with Crippen LogP contribution in [0.25, 0.3) is 0 Å². The van der Waals surface area contributed by atoms with Gasteiger partial charge in [-0.05, 0) is 19.1 Å². The van der Waals surface area contributed by atoms with Gasteiger partial charge in [0.05, 0.1) is 12.2 Å². The van der Waals surface area contributed by atoms with Gasteiger partial charge in [0.15, 0.2) is 0 Å². The number of hydrogen-bond donors (Lipinski definition) is 2. The molecule has 0 amide bonds. The Labute approximate surface area is 103 Å². The van der Waals surface area contributed by atoms with Crippen molar-refractivity contribution < 1.29 is 0 Å². The summed E-state index contributed by atoms with van der Waals surface area (Å²) in [4.78, 5) is 29.4. The molecular formula is C12H14N4O2. The van der Waals surface area contributed by atoms with Crippen LogP contribution < -0.4 is 16.6 Å². The first-order chi connectivity index (χ1) is 8.60. The molecule has 94 valence electrons.